The second-order valence-electron chi connectivity index (χ2n) is 7.15. The van der Waals surface area contributed by atoms with E-state index in [0.717, 1.165) is 22.4 Å². The highest BCUT2D eigenvalue weighted by atomic mass is 32.1. The molecule has 6 nitrogen and oxygen atoms in total. The number of benzene rings is 2. The van der Waals surface area contributed by atoms with E-state index in [1.54, 1.807) is 22.9 Å². The minimum atomic E-state index is -0.287. The molecule has 1 amide bonds. The summed E-state index contributed by atoms with van der Waals surface area (Å²) in [6.45, 7) is 4.89. The normalized spacial score (nSPS) is 10.8. The zero-order valence-corrected chi connectivity index (χ0v) is 17.9. The molecule has 1 N–H and O–H groups in total. The summed E-state index contributed by atoms with van der Waals surface area (Å²) in [5.41, 5.74) is 4.09. The van der Waals surface area contributed by atoms with Crippen LogP contribution in [0.25, 0.3) is 0 Å². The first-order valence-corrected chi connectivity index (χ1v) is 10.6. The van der Waals surface area contributed by atoms with Crippen molar-refractivity contribution in [1.82, 2.24) is 14.8 Å². The van der Waals surface area contributed by atoms with Crippen LogP contribution >= 0.6 is 11.3 Å². The van der Waals surface area contributed by atoms with Crippen molar-refractivity contribution in [3.63, 3.8) is 0 Å². The Morgan fingerprint density at radius 1 is 1.16 bits per heavy atom. The molecule has 0 aliphatic carbocycles. The molecule has 0 bridgehead atoms. The number of aromatic nitrogens is 3. The number of anilines is 1. The summed E-state index contributed by atoms with van der Waals surface area (Å²) >= 11 is 1.34. The first kappa shape index (κ1) is 20.7. The summed E-state index contributed by atoms with van der Waals surface area (Å²) in [4.78, 5) is 17.2. The molecular formula is C23H21FN4O2S. The van der Waals surface area contributed by atoms with Gasteiger partial charge in [-0.2, -0.15) is 0 Å². The number of thiophene rings is 1. The lowest BCUT2D eigenvalue weighted by Gasteiger charge is -2.09. The van der Waals surface area contributed by atoms with Gasteiger partial charge >= 0.3 is 0 Å². The number of halogens is 1. The summed E-state index contributed by atoms with van der Waals surface area (Å²) < 4.78 is 20.5. The maximum absolute atomic E-state index is 13.0. The minimum Gasteiger partial charge on any atom is -0.489 e. The fraction of sp³-hybridized carbons (Fsp3) is 0.174. The Labute approximate surface area is 183 Å². The monoisotopic (exact) mass is 436 g/mol. The molecule has 0 saturated carbocycles. The lowest BCUT2D eigenvalue weighted by Crippen LogP contribution is -2.12. The SMILES string of the molecule is Cc1cccc(OCc2csc(C(=O)Nc3ncn(Cc4ccc(F)cc4)n3)c2)c1C. The van der Waals surface area contributed by atoms with Gasteiger partial charge < -0.3 is 4.74 Å². The van der Waals surface area contributed by atoms with Crippen LogP contribution in [-0.2, 0) is 13.2 Å². The summed E-state index contributed by atoms with van der Waals surface area (Å²) in [5, 5.41) is 8.86. The maximum Gasteiger partial charge on any atom is 0.268 e. The first-order valence-electron chi connectivity index (χ1n) is 9.69. The third-order valence-corrected chi connectivity index (χ3v) is 5.82. The quantitative estimate of drug-likeness (QED) is 0.444. The Kier molecular flexibility index (Phi) is 6.08. The first-order chi connectivity index (χ1) is 15.0. The molecule has 0 saturated heterocycles. The van der Waals surface area contributed by atoms with E-state index in [2.05, 4.69) is 15.4 Å². The van der Waals surface area contributed by atoms with Crippen LogP contribution in [0.2, 0.25) is 0 Å². The van der Waals surface area contributed by atoms with E-state index in [9.17, 15) is 9.18 Å². The van der Waals surface area contributed by atoms with Crippen molar-refractivity contribution in [3.05, 3.63) is 93.2 Å². The summed E-state index contributed by atoms with van der Waals surface area (Å²) in [5.74, 6) is 0.495. The molecular weight excluding hydrogens is 415 g/mol. The molecule has 0 unspecified atom stereocenters. The van der Waals surface area contributed by atoms with Crippen molar-refractivity contribution in [2.75, 3.05) is 5.32 Å². The van der Waals surface area contributed by atoms with Gasteiger partial charge in [0, 0.05) is 5.56 Å². The summed E-state index contributed by atoms with van der Waals surface area (Å²) in [6, 6.07) is 13.9. The average Bonchev–Trinajstić information content (AvgIpc) is 3.40. The Balaban J connectivity index is 1.34. The van der Waals surface area contributed by atoms with Gasteiger partial charge in [0.2, 0.25) is 5.95 Å². The van der Waals surface area contributed by atoms with Crippen molar-refractivity contribution in [3.8, 4) is 5.75 Å². The Morgan fingerprint density at radius 2 is 1.97 bits per heavy atom. The van der Waals surface area contributed by atoms with Gasteiger partial charge in [-0.3, -0.25) is 10.1 Å². The minimum absolute atomic E-state index is 0.216. The number of nitrogens with one attached hydrogen (secondary N) is 1. The molecule has 0 fully saturated rings. The third-order valence-electron chi connectivity index (χ3n) is 4.85. The van der Waals surface area contributed by atoms with Crippen molar-refractivity contribution >= 4 is 23.2 Å². The number of carbonyl (C=O) groups is 1. The van der Waals surface area contributed by atoms with Crippen LogP contribution < -0.4 is 10.1 Å². The predicted molar refractivity (Wildman–Crippen MR) is 118 cm³/mol. The zero-order valence-electron chi connectivity index (χ0n) is 17.1. The molecule has 4 rings (SSSR count). The number of aryl methyl sites for hydroxylation is 1. The van der Waals surface area contributed by atoms with Crippen LogP contribution in [0.4, 0.5) is 10.3 Å². The molecule has 0 radical (unpaired) electrons. The Bertz CT molecular complexity index is 1200. The van der Waals surface area contributed by atoms with Gasteiger partial charge in [0.15, 0.2) is 0 Å². The van der Waals surface area contributed by atoms with Gasteiger partial charge in [-0.15, -0.1) is 16.4 Å². The van der Waals surface area contributed by atoms with Gasteiger partial charge in [0.25, 0.3) is 5.91 Å². The highest BCUT2D eigenvalue weighted by Crippen LogP contribution is 2.23. The number of carbonyl (C=O) groups excluding carboxylic acids is 1. The van der Waals surface area contributed by atoms with Crippen molar-refractivity contribution in [2.24, 2.45) is 0 Å². The average molecular weight is 437 g/mol. The zero-order chi connectivity index (χ0) is 21.8. The lowest BCUT2D eigenvalue weighted by molar-refractivity contribution is 0.102. The van der Waals surface area contributed by atoms with Crippen molar-refractivity contribution in [2.45, 2.75) is 27.0 Å². The largest absolute Gasteiger partial charge is 0.489 e. The molecule has 8 heteroatoms. The number of ether oxygens (including phenoxy) is 1. The standard InChI is InChI=1S/C23H21FN4O2S/c1-15-4-3-5-20(16(15)2)30-12-18-10-21(31-13-18)22(29)26-23-25-14-28(27-23)11-17-6-8-19(24)9-7-17/h3-10,13-14H,11-12H2,1-2H3,(H,26,27,29). The lowest BCUT2D eigenvalue weighted by atomic mass is 10.1. The van der Waals surface area contributed by atoms with Gasteiger partial charge in [0.1, 0.15) is 24.5 Å². The van der Waals surface area contributed by atoms with Crippen LogP contribution in [0.3, 0.4) is 0 Å². The van der Waals surface area contributed by atoms with Crippen LogP contribution in [0.1, 0.15) is 31.9 Å². The molecule has 0 aliphatic rings. The molecule has 158 valence electrons. The molecule has 2 aromatic heterocycles. The highest BCUT2D eigenvalue weighted by molar-refractivity contribution is 7.12. The van der Waals surface area contributed by atoms with Crippen LogP contribution in [0.5, 0.6) is 5.75 Å². The van der Waals surface area contributed by atoms with E-state index >= 15 is 0 Å². The van der Waals surface area contributed by atoms with Gasteiger partial charge in [-0.1, -0.05) is 24.3 Å². The molecule has 0 aliphatic heterocycles. The second kappa shape index (κ2) is 9.09. The van der Waals surface area contributed by atoms with E-state index in [0.29, 0.717) is 18.0 Å². The molecule has 0 atom stereocenters. The number of amides is 1. The molecule has 31 heavy (non-hydrogen) atoms. The third kappa shape index (κ3) is 5.16. The van der Waals surface area contributed by atoms with Gasteiger partial charge in [0.05, 0.1) is 11.4 Å². The summed E-state index contributed by atoms with van der Waals surface area (Å²) in [6.07, 6.45) is 1.52. The number of rotatable bonds is 7. The smallest absolute Gasteiger partial charge is 0.268 e. The topological polar surface area (TPSA) is 69.0 Å². The molecule has 4 aromatic rings. The predicted octanol–water partition coefficient (Wildman–Crippen LogP) is 4.98. The fourth-order valence-electron chi connectivity index (χ4n) is 2.98. The maximum atomic E-state index is 13.0. The van der Waals surface area contributed by atoms with Gasteiger partial charge in [-0.25, -0.2) is 14.1 Å². The second-order valence-corrected chi connectivity index (χ2v) is 8.06. The fourth-order valence-corrected chi connectivity index (χ4v) is 3.77. The number of hydrogen-bond acceptors (Lipinski definition) is 5. The van der Waals surface area contributed by atoms with Gasteiger partial charge in [-0.05, 0) is 60.2 Å². The van der Waals surface area contributed by atoms with E-state index in [1.165, 1.54) is 35.4 Å². The van der Waals surface area contributed by atoms with Crippen molar-refractivity contribution < 1.29 is 13.9 Å². The van der Waals surface area contributed by atoms with E-state index in [-0.39, 0.29) is 17.7 Å². The van der Waals surface area contributed by atoms with Crippen LogP contribution in [-0.4, -0.2) is 20.7 Å². The van der Waals surface area contributed by atoms with Crippen molar-refractivity contribution in [1.29, 1.82) is 0 Å². The van der Waals surface area contributed by atoms with E-state index in [4.69, 9.17) is 4.74 Å². The van der Waals surface area contributed by atoms with E-state index < -0.39 is 0 Å². The highest BCUT2D eigenvalue weighted by Gasteiger charge is 2.13. The summed E-state index contributed by atoms with van der Waals surface area (Å²) in [7, 11) is 0. The van der Waals surface area contributed by atoms with E-state index in [1.807, 2.05) is 37.4 Å². The number of hydrogen-bond donors (Lipinski definition) is 1. The molecule has 0 spiro atoms. The molecule has 2 heterocycles. The number of nitrogens with zero attached hydrogens (tertiary/aromatic N) is 3. The van der Waals surface area contributed by atoms with Crippen LogP contribution in [0.15, 0.2) is 60.2 Å². The molecule has 2 aromatic carbocycles. The van der Waals surface area contributed by atoms with Crippen LogP contribution in [0, 0.1) is 19.7 Å². The Hall–Kier alpha value is -3.52. The Morgan fingerprint density at radius 3 is 2.77 bits per heavy atom.